The molecule has 0 spiro atoms. The number of nitrogens with zero attached hydrogens (tertiary/aromatic N) is 3. The molecule has 0 atom stereocenters. The molecule has 3 rings (SSSR count). The van der Waals surface area contributed by atoms with Crippen molar-refractivity contribution in [3.8, 4) is 0 Å². The monoisotopic (exact) mass is 299 g/mol. The van der Waals surface area contributed by atoms with Crippen LogP contribution < -0.4 is 16.4 Å². The van der Waals surface area contributed by atoms with Crippen LogP contribution in [0.2, 0.25) is 0 Å². The van der Waals surface area contributed by atoms with Crippen LogP contribution in [0.3, 0.4) is 0 Å². The molecule has 4 N–H and O–H groups in total. The summed E-state index contributed by atoms with van der Waals surface area (Å²) in [6, 6.07) is 8.30. The molecule has 0 aliphatic carbocycles. The predicted molar refractivity (Wildman–Crippen MR) is 87.9 cm³/mol. The van der Waals surface area contributed by atoms with Gasteiger partial charge in [0.2, 0.25) is 5.95 Å². The maximum atomic E-state index is 6.12. The summed E-state index contributed by atoms with van der Waals surface area (Å²) in [6.07, 6.45) is 0.640. The minimum atomic E-state index is 0.453. The first-order valence-electron chi connectivity index (χ1n) is 7.43. The Kier molecular flexibility index (Phi) is 4.11. The van der Waals surface area contributed by atoms with Crippen molar-refractivity contribution >= 4 is 17.6 Å². The van der Waals surface area contributed by atoms with Crippen LogP contribution in [0, 0.1) is 6.92 Å². The molecular formula is C16H21N5O. The van der Waals surface area contributed by atoms with Crippen molar-refractivity contribution in [1.29, 1.82) is 0 Å². The summed E-state index contributed by atoms with van der Waals surface area (Å²) in [4.78, 5) is 10.9. The Morgan fingerprint density at radius 3 is 2.23 bits per heavy atom. The van der Waals surface area contributed by atoms with E-state index in [2.05, 4.69) is 41.2 Å². The van der Waals surface area contributed by atoms with E-state index in [-0.39, 0.29) is 0 Å². The topological polar surface area (TPSA) is 90.3 Å². The van der Waals surface area contributed by atoms with Gasteiger partial charge in [-0.3, -0.25) is 0 Å². The highest BCUT2D eigenvalue weighted by Gasteiger charge is 2.17. The molecule has 2 heterocycles. The van der Waals surface area contributed by atoms with Crippen molar-refractivity contribution in [2.45, 2.75) is 13.3 Å². The molecule has 116 valence electrons. The zero-order valence-electron chi connectivity index (χ0n) is 12.7. The Balaban J connectivity index is 1.84. The maximum Gasteiger partial charge on any atom is 0.229 e. The van der Waals surface area contributed by atoms with E-state index in [1.165, 1.54) is 5.56 Å². The molecule has 6 heteroatoms. The van der Waals surface area contributed by atoms with E-state index in [0.29, 0.717) is 37.2 Å². The third-order valence-electron chi connectivity index (χ3n) is 3.85. The van der Waals surface area contributed by atoms with Crippen LogP contribution in [-0.4, -0.2) is 36.3 Å². The van der Waals surface area contributed by atoms with Crippen molar-refractivity contribution in [2.75, 3.05) is 42.7 Å². The number of rotatable bonds is 3. The van der Waals surface area contributed by atoms with Gasteiger partial charge in [0.05, 0.1) is 13.2 Å². The standard InChI is InChI=1S/C16H21N5O/c1-11-2-4-12(5-3-11)10-13-14(17)19-16(20-15(13)18)21-6-8-22-9-7-21/h2-5H,6-10H2,1H3,(H4,17,18,19,20). The molecule has 0 amide bonds. The number of morpholine rings is 1. The lowest BCUT2D eigenvalue weighted by molar-refractivity contribution is 0.122. The summed E-state index contributed by atoms with van der Waals surface area (Å²) in [5.74, 6) is 1.50. The van der Waals surface area contributed by atoms with Gasteiger partial charge in [0, 0.05) is 25.1 Å². The van der Waals surface area contributed by atoms with Crippen molar-refractivity contribution in [3.05, 3.63) is 41.0 Å². The van der Waals surface area contributed by atoms with Crippen molar-refractivity contribution in [1.82, 2.24) is 9.97 Å². The number of ether oxygens (including phenoxy) is 1. The maximum absolute atomic E-state index is 6.12. The smallest absolute Gasteiger partial charge is 0.229 e. The highest BCUT2D eigenvalue weighted by molar-refractivity contribution is 5.58. The minimum Gasteiger partial charge on any atom is -0.383 e. The van der Waals surface area contributed by atoms with E-state index in [9.17, 15) is 0 Å². The van der Waals surface area contributed by atoms with Gasteiger partial charge in [0.15, 0.2) is 0 Å². The molecule has 0 radical (unpaired) electrons. The van der Waals surface area contributed by atoms with E-state index < -0.39 is 0 Å². The van der Waals surface area contributed by atoms with Crippen LogP contribution in [-0.2, 0) is 11.2 Å². The van der Waals surface area contributed by atoms with Gasteiger partial charge in [-0.15, -0.1) is 0 Å². The molecule has 1 fully saturated rings. The molecule has 1 aliphatic rings. The van der Waals surface area contributed by atoms with Crippen LogP contribution in [0.4, 0.5) is 17.6 Å². The van der Waals surface area contributed by atoms with E-state index >= 15 is 0 Å². The molecule has 22 heavy (non-hydrogen) atoms. The average Bonchev–Trinajstić information content (AvgIpc) is 2.53. The van der Waals surface area contributed by atoms with Crippen LogP contribution in [0.25, 0.3) is 0 Å². The van der Waals surface area contributed by atoms with Crippen LogP contribution in [0.5, 0.6) is 0 Å². The van der Waals surface area contributed by atoms with Crippen LogP contribution >= 0.6 is 0 Å². The van der Waals surface area contributed by atoms with Crippen molar-refractivity contribution < 1.29 is 4.74 Å². The molecule has 1 aromatic carbocycles. The molecule has 1 aromatic heterocycles. The molecule has 1 saturated heterocycles. The lowest BCUT2D eigenvalue weighted by atomic mass is 10.0. The normalized spacial score (nSPS) is 15.0. The number of anilines is 3. The number of aryl methyl sites for hydroxylation is 1. The summed E-state index contributed by atoms with van der Waals surface area (Å²) in [6.45, 7) is 4.93. The van der Waals surface area contributed by atoms with Gasteiger partial charge in [0.1, 0.15) is 11.6 Å². The zero-order valence-corrected chi connectivity index (χ0v) is 12.7. The van der Waals surface area contributed by atoms with Gasteiger partial charge >= 0.3 is 0 Å². The van der Waals surface area contributed by atoms with E-state index in [4.69, 9.17) is 16.2 Å². The van der Waals surface area contributed by atoms with Gasteiger partial charge in [-0.1, -0.05) is 29.8 Å². The summed E-state index contributed by atoms with van der Waals surface area (Å²) in [5.41, 5.74) is 15.4. The summed E-state index contributed by atoms with van der Waals surface area (Å²) in [5, 5.41) is 0. The number of hydrogen-bond acceptors (Lipinski definition) is 6. The van der Waals surface area contributed by atoms with Crippen molar-refractivity contribution in [2.24, 2.45) is 0 Å². The number of nitrogens with two attached hydrogens (primary N) is 2. The third kappa shape index (κ3) is 3.12. The third-order valence-corrected chi connectivity index (χ3v) is 3.85. The summed E-state index contributed by atoms with van der Waals surface area (Å²) in [7, 11) is 0. The Bertz CT molecular complexity index is 627. The molecule has 1 aliphatic heterocycles. The van der Waals surface area contributed by atoms with E-state index in [0.717, 1.165) is 24.2 Å². The van der Waals surface area contributed by atoms with Gasteiger partial charge < -0.3 is 21.1 Å². The summed E-state index contributed by atoms with van der Waals surface area (Å²) >= 11 is 0. The number of hydrogen-bond donors (Lipinski definition) is 2. The highest BCUT2D eigenvalue weighted by atomic mass is 16.5. The second-order valence-corrected chi connectivity index (χ2v) is 5.53. The predicted octanol–water partition coefficient (Wildman–Crippen LogP) is 1.38. The fraction of sp³-hybridized carbons (Fsp3) is 0.375. The molecule has 0 bridgehead atoms. The second kappa shape index (κ2) is 6.19. The first-order valence-corrected chi connectivity index (χ1v) is 7.43. The number of nitrogen functional groups attached to an aromatic ring is 2. The Hall–Kier alpha value is -2.34. The van der Waals surface area contributed by atoms with Gasteiger partial charge in [0.25, 0.3) is 0 Å². The number of aromatic nitrogens is 2. The van der Waals surface area contributed by atoms with Gasteiger partial charge in [-0.25, -0.2) is 0 Å². The first kappa shape index (κ1) is 14.6. The Labute approximate surface area is 130 Å². The molecule has 6 nitrogen and oxygen atoms in total. The second-order valence-electron chi connectivity index (χ2n) is 5.53. The summed E-state index contributed by atoms with van der Waals surface area (Å²) < 4.78 is 5.33. The molecular weight excluding hydrogens is 278 g/mol. The van der Waals surface area contributed by atoms with Gasteiger partial charge in [-0.05, 0) is 12.5 Å². The van der Waals surface area contributed by atoms with E-state index in [1.807, 2.05) is 4.90 Å². The SMILES string of the molecule is Cc1ccc(Cc2c(N)nc(N3CCOCC3)nc2N)cc1. The van der Waals surface area contributed by atoms with Crippen molar-refractivity contribution in [3.63, 3.8) is 0 Å². The molecule has 2 aromatic rings. The van der Waals surface area contributed by atoms with Crippen LogP contribution in [0.15, 0.2) is 24.3 Å². The lowest BCUT2D eigenvalue weighted by Crippen LogP contribution is -2.37. The highest BCUT2D eigenvalue weighted by Crippen LogP contribution is 2.23. The quantitative estimate of drug-likeness (QED) is 0.890. The lowest BCUT2D eigenvalue weighted by Gasteiger charge is -2.27. The molecule has 0 saturated carbocycles. The first-order chi connectivity index (χ1) is 10.6. The Morgan fingerprint density at radius 2 is 1.64 bits per heavy atom. The van der Waals surface area contributed by atoms with Crippen LogP contribution in [0.1, 0.15) is 16.7 Å². The zero-order chi connectivity index (χ0) is 15.5. The van der Waals surface area contributed by atoms with E-state index in [1.54, 1.807) is 0 Å². The fourth-order valence-electron chi connectivity index (χ4n) is 2.50. The minimum absolute atomic E-state index is 0.453. The van der Waals surface area contributed by atoms with Gasteiger partial charge in [-0.2, -0.15) is 9.97 Å². The Morgan fingerprint density at radius 1 is 1.05 bits per heavy atom. The molecule has 0 unspecified atom stereocenters. The average molecular weight is 299 g/mol. The number of benzene rings is 1. The fourth-order valence-corrected chi connectivity index (χ4v) is 2.50. The largest absolute Gasteiger partial charge is 0.383 e.